The molecule has 0 saturated carbocycles. The van der Waals surface area contributed by atoms with E-state index >= 15 is 0 Å². The third-order valence-corrected chi connectivity index (χ3v) is 8.51. The Balaban J connectivity index is 1.33. The van der Waals surface area contributed by atoms with Crippen LogP contribution in [0, 0.1) is 0 Å². The summed E-state index contributed by atoms with van der Waals surface area (Å²) in [6.07, 6.45) is 10.3. The van der Waals surface area contributed by atoms with Crippen LogP contribution in [0.1, 0.15) is 78.1 Å². The summed E-state index contributed by atoms with van der Waals surface area (Å²) >= 11 is 0. The summed E-state index contributed by atoms with van der Waals surface area (Å²) in [5.41, 5.74) is 9.65. The lowest BCUT2D eigenvalue weighted by Crippen LogP contribution is -2.26. The van der Waals surface area contributed by atoms with Crippen molar-refractivity contribution in [3.63, 3.8) is 0 Å². The minimum atomic E-state index is -0.0551. The Labute approximate surface area is 230 Å². The summed E-state index contributed by atoms with van der Waals surface area (Å²) in [5.74, 6) is 0. The highest BCUT2D eigenvalue weighted by molar-refractivity contribution is 5.89. The van der Waals surface area contributed by atoms with Crippen LogP contribution in [-0.2, 0) is 16.2 Å². The van der Waals surface area contributed by atoms with E-state index in [1.165, 1.54) is 38.8 Å². The van der Waals surface area contributed by atoms with E-state index in [1.54, 1.807) is 0 Å². The van der Waals surface area contributed by atoms with Crippen molar-refractivity contribution >= 4 is 22.1 Å². The molecule has 5 nitrogen and oxygen atoms in total. The Bertz CT molecular complexity index is 1800. The average molecular weight is 518 g/mol. The highest BCUT2D eigenvalue weighted by Crippen LogP contribution is 2.38. The van der Waals surface area contributed by atoms with Crippen LogP contribution in [0.5, 0.6) is 0 Å². The lowest BCUT2D eigenvalue weighted by atomic mass is 9.74. The molecule has 0 aliphatic carbocycles. The molecule has 0 radical (unpaired) electrons. The molecular formula is C34H39N5. The van der Waals surface area contributed by atoms with E-state index in [0.29, 0.717) is 0 Å². The van der Waals surface area contributed by atoms with Crippen molar-refractivity contribution in [3.05, 3.63) is 96.2 Å². The van der Waals surface area contributed by atoms with Gasteiger partial charge in [-0.2, -0.15) is 5.10 Å². The highest BCUT2D eigenvalue weighted by Gasteiger charge is 2.30. The van der Waals surface area contributed by atoms with E-state index in [-0.39, 0.29) is 16.2 Å². The number of aromatic nitrogens is 5. The van der Waals surface area contributed by atoms with Gasteiger partial charge in [0, 0.05) is 58.1 Å². The van der Waals surface area contributed by atoms with Gasteiger partial charge in [-0.15, -0.1) is 0 Å². The van der Waals surface area contributed by atoms with Crippen LogP contribution >= 0.6 is 0 Å². The summed E-state index contributed by atoms with van der Waals surface area (Å²) in [5, 5.41) is 5.69. The van der Waals surface area contributed by atoms with Crippen LogP contribution in [0.3, 0.4) is 0 Å². The second kappa shape index (κ2) is 8.84. The summed E-state index contributed by atoms with van der Waals surface area (Å²) in [4.78, 5) is 8.52. The fourth-order valence-electron chi connectivity index (χ4n) is 5.99. The van der Waals surface area contributed by atoms with Crippen molar-refractivity contribution in [1.82, 2.24) is 24.0 Å². The van der Waals surface area contributed by atoms with Crippen molar-refractivity contribution < 1.29 is 0 Å². The van der Waals surface area contributed by atoms with Gasteiger partial charge in [-0.25, -0.2) is 9.50 Å². The van der Waals surface area contributed by atoms with Gasteiger partial charge in [0.25, 0.3) is 0 Å². The van der Waals surface area contributed by atoms with Gasteiger partial charge >= 0.3 is 0 Å². The zero-order valence-electron chi connectivity index (χ0n) is 24.2. The Kier molecular flexibility index (Phi) is 5.76. The molecule has 0 amide bonds. The smallest absolute Gasteiger partial charge is 0.136 e. The van der Waals surface area contributed by atoms with Gasteiger partial charge in [0.1, 0.15) is 5.65 Å². The SMILES string of the molecule is CC(C)(C)c1cccc2cc(-c3ccc4ncc(C(C)(C)CCC(C)(C)c5cccn6nccc56)n4c3)[nH]c12. The number of para-hydroxylation sites is 1. The van der Waals surface area contributed by atoms with Crippen LogP contribution in [0.15, 0.2) is 79.4 Å². The number of fused-ring (bicyclic) bond motifs is 3. The minimum absolute atomic E-state index is 0.0145. The Hall–Kier alpha value is -3.86. The Morgan fingerprint density at radius 2 is 1.59 bits per heavy atom. The molecule has 0 bridgehead atoms. The third kappa shape index (κ3) is 4.44. The van der Waals surface area contributed by atoms with Crippen LogP contribution in [0.2, 0.25) is 0 Å². The fourth-order valence-corrected chi connectivity index (χ4v) is 5.99. The molecule has 0 aliphatic heterocycles. The molecule has 39 heavy (non-hydrogen) atoms. The van der Waals surface area contributed by atoms with E-state index in [9.17, 15) is 0 Å². The van der Waals surface area contributed by atoms with Crippen LogP contribution in [0.4, 0.5) is 0 Å². The first kappa shape index (κ1) is 25.4. The minimum Gasteiger partial charge on any atom is -0.354 e. The predicted molar refractivity (Wildman–Crippen MR) is 162 cm³/mol. The number of pyridine rings is 2. The topological polar surface area (TPSA) is 50.4 Å². The van der Waals surface area contributed by atoms with Gasteiger partial charge in [0.05, 0.1) is 5.52 Å². The normalized spacial score (nSPS) is 13.2. The summed E-state index contributed by atoms with van der Waals surface area (Å²) in [6, 6.07) is 19.6. The van der Waals surface area contributed by atoms with Crippen LogP contribution in [0.25, 0.3) is 33.3 Å². The van der Waals surface area contributed by atoms with Gasteiger partial charge in [0.15, 0.2) is 0 Å². The van der Waals surface area contributed by atoms with Gasteiger partial charge < -0.3 is 9.38 Å². The van der Waals surface area contributed by atoms with Crippen molar-refractivity contribution in [2.75, 3.05) is 0 Å². The summed E-state index contributed by atoms with van der Waals surface area (Å²) in [7, 11) is 0. The molecule has 6 rings (SSSR count). The van der Waals surface area contributed by atoms with Crippen LogP contribution in [-0.4, -0.2) is 24.0 Å². The number of rotatable bonds is 6. The number of benzene rings is 1. The van der Waals surface area contributed by atoms with E-state index in [2.05, 4.69) is 130 Å². The van der Waals surface area contributed by atoms with Gasteiger partial charge in [-0.3, -0.25) is 0 Å². The number of hydrogen-bond donors (Lipinski definition) is 1. The first-order valence-electron chi connectivity index (χ1n) is 14.0. The second-order valence-electron chi connectivity index (χ2n) is 13.3. The van der Waals surface area contributed by atoms with Crippen molar-refractivity contribution in [1.29, 1.82) is 0 Å². The summed E-state index contributed by atoms with van der Waals surface area (Å²) < 4.78 is 4.26. The number of nitrogens with zero attached hydrogens (tertiary/aromatic N) is 4. The van der Waals surface area contributed by atoms with Gasteiger partial charge in [-0.1, -0.05) is 72.7 Å². The van der Waals surface area contributed by atoms with Crippen molar-refractivity contribution in [3.8, 4) is 11.3 Å². The fraction of sp³-hybridized carbons (Fsp3) is 0.353. The number of hydrogen-bond acceptors (Lipinski definition) is 2. The van der Waals surface area contributed by atoms with E-state index < -0.39 is 0 Å². The Morgan fingerprint density at radius 3 is 2.38 bits per heavy atom. The van der Waals surface area contributed by atoms with E-state index in [0.717, 1.165) is 24.2 Å². The molecule has 1 N–H and O–H groups in total. The standard InChI is InChI=1S/C34H39N5/c1-32(2,3)26-11-8-10-23-20-27(37-31(23)26)24-13-14-30-35-21-29(38(30)22-24)34(6,7)17-16-33(4,5)25-12-9-19-39-28(25)15-18-36-39/h8-15,18-22,37H,16-17H2,1-7H3. The summed E-state index contributed by atoms with van der Waals surface area (Å²) in [6.45, 7) is 16.2. The lowest BCUT2D eigenvalue weighted by molar-refractivity contribution is 0.368. The monoisotopic (exact) mass is 517 g/mol. The zero-order chi connectivity index (χ0) is 27.6. The molecule has 5 heterocycles. The molecule has 0 saturated heterocycles. The molecule has 1 aromatic carbocycles. The number of H-pyrrole nitrogens is 1. The van der Waals surface area contributed by atoms with E-state index in [4.69, 9.17) is 4.98 Å². The van der Waals surface area contributed by atoms with E-state index in [1.807, 2.05) is 16.9 Å². The average Bonchev–Trinajstić information content (AvgIpc) is 3.63. The number of nitrogens with one attached hydrogen (secondary N) is 1. The first-order chi connectivity index (χ1) is 18.4. The lowest BCUT2D eigenvalue weighted by Gasteiger charge is -2.32. The quantitative estimate of drug-likeness (QED) is 0.241. The Morgan fingerprint density at radius 1 is 0.821 bits per heavy atom. The molecule has 5 aromatic heterocycles. The first-order valence-corrected chi connectivity index (χ1v) is 14.0. The van der Waals surface area contributed by atoms with Crippen molar-refractivity contribution in [2.45, 2.75) is 77.6 Å². The molecule has 200 valence electrons. The third-order valence-electron chi connectivity index (χ3n) is 8.51. The second-order valence-corrected chi connectivity index (χ2v) is 13.3. The molecule has 5 heteroatoms. The maximum atomic E-state index is 4.79. The maximum Gasteiger partial charge on any atom is 0.136 e. The predicted octanol–water partition coefficient (Wildman–Crippen LogP) is 8.46. The molecule has 0 spiro atoms. The van der Waals surface area contributed by atoms with Gasteiger partial charge in [0.2, 0.25) is 0 Å². The van der Waals surface area contributed by atoms with Crippen LogP contribution < -0.4 is 0 Å². The molecule has 0 atom stereocenters. The largest absolute Gasteiger partial charge is 0.354 e. The maximum absolute atomic E-state index is 4.79. The van der Waals surface area contributed by atoms with Crippen molar-refractivity contribution in [2.24, 2.45) is 0 Å². The molecule has 0 unspecified atom stereocenters. The zero-order valence-corrected chi connectivity index (χ0v) is 24.2. The van der Waals surface area contributed by atoms with Gasteiger partial charge in [-0.05, 0) is 65.1 Å². The molecule has 6 aromatic rings. The number of aromatic amines is 1. The molecule has 0 fully saturated rings. The highest BCUT2D eigenvalue weighted by atomic mass is 15.2. The number of imidazole rings is 1. The molecular weight excluding hydrogens is 478 g/mol. The molecule has 0 aliphatic rings.